The molecule has 1 aromatic rings. The van der Waals surface area contributed by atoms with Crippen molar-refractivity contribution < 1.29 is 29.0 Å². The molecule has 2 unspecified atom stereocenters. The topological polar surface area (TPSA) is 96.4 Å². The number of hydrogen-bond acceptors (Lipinski definition) is 7. The highest BCUT2D eigenvalue weighted by Gasteiger charge is 2.77. The van der Waals surface area contributed by atoms with Crippen LogP contribution in [-0.4, -0.2) is 76.7 Å². The van der Waals surface area contributed by atoms with Gasteiger partial charge in [0, 0.05) is 30.1 Å². The molecule has 36 heavy (non-hydrogen) atoms. The molecule has 3 heterocycles. The fourth-order valence-corrected chi connectivity index (χ4v) is 8.63. The molecule has 1 N–H and O–H groups in total. The number of rotatable bonds is 11. The van der Waals surface area contributed by atoms with Crippen molar-refractivity contribution in [3.63, 3.8) is 0 Å². The number of ether oxygens (including phenoxy) is 2. The number of aliphatic hydroxyl groups is 1. The number of nitrogens with zero attached hydrogens (tertiary/aromatic N) is 2. The molecule has 0 aliphatic carbocycles. The number of methoxy groups -OCH3 is 1. The minimum absolute atomic E-state index is 0.0158. The first kappa shape index (κ1) is 26.5. The van der Waals surface area contributed by atoms with Gasteiger partial charge < -0.3 is 24.4 Å². The lowest BCUT2D eigenvalue weighted by atomic mass is 9.66. The zero-order chi connectivity index (χ0) is 26.1. The molecule has 3 fully saturated rings. The van der Waals surface area contributed by atoms with Crippen molar-refractivity contribution >= 4 is 35.2 Å². The Hall–Kier alpha value is -2.52. The van der Waals surface area contributed by atoms with Crippen molar-refractivity contribution in [3.05, 3.63) is 36.9 Å². The van der Waals surface area contributed by atoms with Gasteiger partial charge in [-0.1, -0.05) is 6.08 Å². The Morgan fingerprint density at radius 2 is 2.00 bits per heavy atom. The zero-order valence-corrected chi connectivity index (χ0v) is 22.1. The molecule has 1 aromatic carbocycles. The lowest BCUT2D eigenvalue weighted by Gasteiger charge is -2.37. The fourth-order valence-electron chi connectivity index (χ4n) is 6.29. The quantitative estimate of drug-likeness (QED) is 0.274. The number of anilines is 1. The third kappa shape index (κ3) is 4.20. The number of fused-ring (bicyclic) bond motifs is 1. The Bertz CT molecular complexity index is 1020. The maximum atomic E-state index is 14.4. The van der Waals surface area contributed by atoms with Crippen LogP contribution < -0.4 is 9.64 Å². The average Bonchev–Trinajstić information content (AvgIpc) is 3.43. The maximum absolute atomic E-state index is 14.4. The Labute approximate surface area is 217 Å². The second-order valence-corrected chi connectivity index (χ2v) is 11.8. The van der Waals surface area contributed by atoms with Gasteiger partial charge in [0.1, 0.15) is 11.8 Å². The van der Waals surface area contributed by atoms with Crippen molar-refractivity contribution in [2.24, 2.45) is 11.8 Å². The number of likely N-dealkylation sites (tertiary alicyclic amines) is 1. The largest absolute Gasteiger partial charge is 0.497 e. The molecule has 1 spiro atoms. The SMILES string of the molecule is C=CCN(C(=O)C1N(CCCCO)C(=O)[C@@H]2[C@H](C(=O)OCC)[C@]3(C)CCC12S3)c1ccc(OC)cc1. The van der Waals surface area contributed by atoms with Gasteiger partial charge in [0.05, 0.1) is 30.3 Å². The number of thioether (sulfide) groups is 1. The second-order valence-electron chi connectivity index (χ2n) is 9.88. The summed E-state index contributed by atoms with van der Waals surface area (Å²) in [6.45, 7) is 8.54. The van der Waals surface area contributed by atoms with E-state index < -0.39 is 27.4 Å². The Kier molecular flexibility index (Phi) is 7.71. The van der Waals surface area contributed by atoms with E-state index in [0.717, 1.165) is 6.42 Å². The molecule has 8 nitrogen and oxygen atoms in total. The highest BCUT2D eigenvalue weighted by Crippen LogP contribution is 2.71. The smallest absolute Gasteiger partial charge is 0.311 e. The lowest BCUT2D eigenvalue weighted by molar-refractivity contribution is -0.155. The van der Waals surface area contributed by atoms with Gasteiger partial charge in [-0.3, -0.25) is 14.4 Å². The summed E-state index contributed by atoms with van der Waals surface area (Å²) in [4.78, 5) is 44.8. The summed E-state index contributed by atoms with van der Waals surface area (Å²) < 4.78 is 9.54. The van der Waals surface area contributed by atoms with E-state index >= 15 is 0 Å². The first-order chi connectivity index (χ1) is 17.3. The zero-order valence-electron chi connectivity index (χ0n) is 21.3. The van der Waals surface area contributed by atoms with E-state index in [-0.39, 0.29) is 37.5 Å². The fraction of sp³-hybridized carbons (Fsp3) is 0.593. The van der Waals surface area contributed by atoms with Crippen LogP contribution >= 0.6 is 11.8 Å². The monoisotopic (exact) mass is 516 g/mol. The Balaban J connectivity index is 1.76. The number of benzene rings is 1. The number of amides is 2. The Morgan fingerprint density at radius 3 is 2.61 bits per heavy atom. The highest BCUT2D eigenvalue weighted by atomic mass is 32.2. The molecule has 4 rings (SSSR count). The number of unbranched alkanes of at least 4 members (excludes halogenated alkanes) is 1. The van der Waals surface area contributed by atoms with E-state index in [1.54, 1.807) is 53.8 Å². The molecule has 5 atom stereocenters. The number of esters is 1. The van der Waals surface area contributed by atoms with Crippen LogP contribution in [0.15, 0.2) is 36.9 Å². The standard InChI is InChI=1S/C27H36N2O6S/c1-5-15-28(18-9-11-19(34-4)12-10-18)24(32)22-27-14-13-26(3,36-27)21(25(33)35-6-2)20(27)23(31)29(22)16-7-8-17-30/h5,9-12,20-22,30H,1,6-8,13-17H2,2-4H3/t20-,21+,22?,26-,27?/m0/s1. The second kappa shape index (κ2) is 10.5. The van der Waals surface area contributed by atoms with Crippen LogP contribution in [0.5, 0.6) is 5.75 Å². The van der Waals surface area contributed by atoms with Crippen LogP contribution in [0.25, 0.3) is 0 Å². The molecular weight excluding hydrogens is 480 g/mol. The predicted octanol–water partition coefficient (Wildman–Crippen LogP) is 3.03. The maximum Gasteiger partial charge on any atom is 0.311 e. The molecule has 9 heteroatoms. The van der Waals surface area contributed by atoms with Gasteiger partial charge in [-0.25, -0.2) is 0 Å². The number of aliphatic hydroxyl groups excluding tert-OH is 1. The molecule has 3 saturated heterocycles. The minimum Gasteiger partial charge on any atom is -0.497 e. The Morgan fingerprint density at radius 1 is 1.28 bits per heavy atom. The molecule has 0 radical (unpaired) electrons. The van der Waals surface area contributed by atoms with Gasteiger partial charge in [0.2, 0.25) is 5.91 Å². The summed E-state index contributed by atoms with van der Waals surface area (Å²) in [5.74, 6) is -1.20. The van der Waals surface area contributed by atoms with Crippen molar-refractivity contribution in [1.82, 2.24) is 4.90 Å². The third-order valence-corrected chi connectivity index (χ3v) is 9.81. The van der Waals surface area contributed by atoms with Gasteiger partial charge in [0.15, 0.2) is 0 Å². The third-order valence-electron chi connectivity index (χ3n) is 7.82. The van der Waals surface area contributed by atoms with Crippen LogP contribution in [-0.2, 0) is 19.1 Å². The average molecular weight is 517 g/mol. The lowest BCUT2D eigenvalue weighted by Crippen LogP contribution is -2.55. The molecular formula is C27H36N2O6S. The van der Waals surface area contributed by atoms with Crippen LogP contribution in [0, 0.1) is 11.8 Å². The summed E-state index contributed by atoms with van der Waals surface area (Å²) >= 11 is 1.63. The van der Waals surface area contributed by atoms with E-state index in [1.807, 2.05) is 19.1 Å². The normalized spacial score (nSPS) is 30.3. The van der Waals surface area contributed by atoms with Crippen LogP contribution in [0.3, 0.4) is 0 Å². The molecule has 2 bridgehead atoms. The van der Waals surface area contributed by atoms with Gasteiger partial charge in [-0.05, 0) is 63.8 Å². The van der Waals surface area contributed by atoms with Crippen molar-refractivity contribution in [3.8, 4) is 5.75 Å². The van der Waals surface area contributed by atoms with E-state index in [4.69, 9.17) is 9.47 Å². The number of carbonyl (C=O) groups is 3. The predicted molar refractivity (Wildman–Crippen MR) is 139 cm³/mol. The first-order valence-electron chi connectivity index (χ1n) is 12.6. The van der Waals surface area contributed by atoms with Gasteiger partial charge in [-0.2, -0.15) is 0 Å². The van der Waals surface area contributed by atoms with Crippen molar-refractivity contribution in [2.75, 3.05) is 38.3 Å². The van der Waals surface area contributed by atoms with E-state index in [1.165, 1.54) is 0 Å². The van der Waals surface area contributed by atoms with E-state index in [0.29, 0.717) is 37.2 Å². The van der Waals surface area contributed by atoms with Gasteiger partial charge in [-0.15, -0.1) is 18.3 Å². The molecule has 2 amide bonds. The molecule has 0 aromatic heterocycles. The van der Waals surface area contributed by atoms with Crippen LogP contribution in [0.1, 0.15) is 39.5 Å². The summed E-state index contributed by atoms with van der Waals surface area (Å²) in [7, 11) is 1.59. The summed E-state index contributed by atoms with van der Waals surface area (Å²) in [5, 5.41) is 9.34. The summed E-state index contributed by atoms with van der Waals surface area (Å²) in [6.07, 6.45) is 4.20. The molecule has 0 saturated carbocycles. The van der Waals surface area contributed by atoms with Crippen molar-refractivity contribution in [2.45, 2.75) is 55.1 Å². The van der Waals surface area contributed by atoms with E-state index in [9.17, 15) is 19.5 Å². The molecule has 3 aliphatic heterocycles. The minimum atomic E-state index is -0.720. The van der Waals surface area contributed by atoms with Gasteiger partial charge in [0.25, 0.3) is 5.91 Å². The highest BCUT2D eigenvalue weighted by molar-refractivity contribution is 8.02. The summed E-state index contributed by atoms with van der Waals surface area (Å²) in [6, 6.07) is 6.52. The van der Waals surface area contributed by atoms with Crippen LogP contribution in [0.2, 0.25) is 0 Å². The van der Waals surface area contributed by atoms with Crippen LogP contribution in [0.4, 0.5) is 5.69 Å². The number of carbonyl (C=O) groups excluding carboxylic acids is 3. The summed E-state index contributed by atoms with van der Waals surface area (Å²) in [5.41, 5.74) is 0.689. The molecule has 3 aliphatic rings. The molecule has 196 valence electrons. The number of hydrogen-bond donors (Lipinski definition) is 1. The van der Waals surface area contributed by atoms with E-state index in [2.05, 4.69) is 6.58 Å². The first-order valence-corrected chi connectivity index (χ1v) is 13.4. The van der Waals surface area contributed by atoms with Gasteiger partial charge >= 0.3 is 5.97 Å². The van der Waals surface area contributed by atoms with Crippen molar-refractivity contribution in [1.29, 1.82) is 0 Å².